The first-order chi connectivity index (χ1) is 16.7. The number of aliphatic hydroxyl groups is 1. The van der Waals surface area contributed by atoms with Crippen LogP contribution in [0.4, 0.5) is 5.69 Å². The molecule has 3 fully saturated rings. The number of aliphatic hydroxyl groups excluding tert-OH is 1. The third-order valence-corrected chi connectivity index (χ3v) is 8.59. The monoisotopic (exact) mass is 549 g/mol. The normalized spacial score (nSPS) is 33.1. The van der Waals surface area contributed by atoms with Gasteiger partial charge in [0.2, 0.25) is 17.7 Å². The molecule has 4 unspecified atom stereocenters. The van der Waals surface area contributed by atoms with Crippen LogP contribution in [0, 0.1) is 17.8 Å². The van der Waals surface area contributed by atoms with Gasteiger partial charge in [-0.05, 0) is 37.8 Å². The van der Waals surface area contributed by atoms with Crippen molar-refractivity contribution in [3.05, 3.63) is 30.3 Å². The summed E-state index contributed by atoms with van der Waals surface area (Å²) in [6.07, 6.45) is 1.64. The topological polar surface area (TPSA) is 108 Å². The van der Waals surface area contributed by atoms with E-state index in [2.05, 4.69) is 33.5 Å². The van der Waals surface area contributed by atoms with Crippen molar-refractivity contribution < 1.29 is 24.2 Å². The lowest BCUT2D eigenvalue weighted by molar-refractivity contribution is -0.146. The van der Waals surface area contributed by atoms with Gasteiger partial charge >= 0.3 is 0 Å². The summed E-state index contributed by atoms with van der Waals surface area (Å²) in [6.45, 7) is 7.55. The number of amides is 3. The number of anilines is 1. The molecule has 2 bridgehead atoms. The number of nitrogens with one attached hydrogen (secondary N) is 2. The molecule has 4 rings (SSSR count). The van der Waals surface area contributed by atoms with Gasteiger partial charge in [-0.2, -0.15) is 0 Å². The second-order valence-electron chi connectivity index (χ2n) is 10.5. The maximum absolute atomic E-state index is 14.0. The number of alkyl halides is 1. The van der Waals surface area contributed by atoms with Gasteiger partial charge in [-0.15, -0.1) is 0 Å². The highest BCUT2D eigenvalue weighted by molar-refractivity contribution is 9.09. The van der Waals surface area contributed by atoms with Gasteiger partial charge in [0, 0.05) is 16.6 Å². The summed E-state index contributed by atoms with van der Waals surface area (Å²) in [5.41, 5.74) is -0.492. The number of para-hydroxylation sites is 1. The molecular weight excluding hydrogens is 514 g/mol. The molecule has 9 heteroatoms. The lowest BCUT2D eigenvalue weighted by Crippen LogP contribution is -2.60. The minimum absolute atomic E-state index is 0.0675. The zero-order valence-corrected chi connectivity index (χ0v) is 22.3. The molecule has 0 aliphatic carbocycles. The van der Waals surface area contributed by atoms with Crippen LogP contribution in [-0.2, 0) is 19.1 Å². The van der Waals surface area contributed by atoms with Gasteiger partial charge in [0.15, 0.2) is 0 Å². The minimum Gasteiger partial charge on any atom is -0.394 e. The Morgan fingerprint density at radius 3 is 2.51 bits per heavy atom. The van der Waals surface area contributed by atoms with Crippen molar-refractivity contribution in [3.63, 3.8) is 0 Å². The van der Waals surface area contributed by atoms with Crippen LogP contribution in [0.1, 0.15) is 47.0 Å². The fraction of sp³-hybridized carbons (Fsp3) is 0.654. The molecule has 0 saturated carbocycles. The molecule has 0 radical (unpaired) electrons. The first kappa shape index (κ1) is 26.1. The Morgan fingerprint density at radius 1 is 1.23 bits per heavy atom. The number of hydrogen-bond donors (Lipinski definition) is 3. The molecule has 35 heavy (non-hydrogen) atoms. The first-order valence-electron chi connectivity index (χ1n) is 12.6. The Balaban J connectivity index is 1.73. The number of carbonyl (C=O) groups is 3. The smallest absolute Gasteiger partial charge is 0.246 e. The van der Waals surface area contributed by atoms with Crippen LogP contribution >= 0.6 is 15.9 Å². The highest BCUT2D eigenvalue weighted by Crippen LogP contribution is 2.60. The number of benzene rings is 1. The maximum Gasteiger partial charge on any atom is 0.246 e. The van der Waals surface area contributed by atoms with E-state index in [1.165, 1.54) is 4.90 Å². The first-order valence-corrected chi connectivity index (χ1v) is 13.5. The SMILES string of the molecule is CCCC(C)NC(=O)C1N([C@@H](CO)C(C)C)C(=O)[C@@H]2[C@H](C(=O)Nc3ccccc3)[C@H]3OC12CC3Br. The van der Waals surface area contributed by atoms with Gasteiger partial charge in [-0.1, -0.05) is 61.3 Å². The molecule has 0 aromatic heterocycles. The second kappa shape index (κ2) is 10.2. The molecule has 1 spiro atoms. The van der Waals surface area contributed by atoms with E-state index in [0.29, 0.717) is 12.1 Å². The summed E-state index contributed by atoms with van der Waals surface area (Å²) in [5.74, 6) is -2.51. The van der Waals surface area contributed by atoms with Crippen LogP contribution in [0.15, 0.2) is 30.3 Å². The maximum atomic E-state index is 14.0. The Kier molecular flexibility index (Phi) is 7.60. The predicted molar refractivity (Wildman–Crippen MR) is 136 cm³/mol. The predicted octanol–water partition coefficient (Wildman–Crippen LogP) is 2.69. The summed E-state index contributed by atoms with van der Waals surface area (Å²) >= 11 is 3.68. The van der Waals surface area contributed by atoms with Crippen LogP contribution in [0.2, 0.25) is 0 Å². The summed E-state index contributed by atoms with van der Waals surface area (Å²) in [7, 11) is 0. The molecule has 1 aromatic rings. The van der Waals surface area contributed by atoms with Crippen LogP contribution in [-0.4, -0.2) is 69.0 Å². The molecule has 8 atom stereocenters. The summed E-state index contributed by atoms with van der Waals surface area (Å²) in [6, 6.07) is 7.56. The van der Waals surface area contributed by atoms with E-state index in [0.717, 1.165) is 12.8 Å². The van der Waals surface area contributed by atoms with Crippen LogP contribution in [0.3, 0.4) is 0 Å². The molecule has 3 N–H and O–H groups in total. The average molecular weight is 550 g/mol. The summed E-state index contributed by atoms with van der Waals surface area (Å²) in [5, 5.41) is 16.2. The number of halogens is 1. The standard InChI is InChI=1S/C26H36BrN3O5/c1-5-9-15(4)28-24(33)22-26-12-17(27)21(35-26)19(23(32)29-16-10-7-6-8-11-16)20(26)25(34)30(22)18(13-31)14(2)3/h6-8,10-11,14-15,17-22,31H,5,9,12-13H2,1-4H3,(H,28,33)(H,29,32)/t15?,17?,18-,19-,20-,21-,22?,26?/m0/s1. The Morgan fingerprint density at radius 2 is 1.91 bits per heavy atom. The molecule has 3 aliphatic rings. The third-order valence-electron chi connectivity index (χ3n) is 7.74. The largest absolute Gasteiger partial charge is 0.394 e. The van der Waals surface area contributed by atoms with E-state index in [9.17, 15) is 19.5 Å². The van der Waals surface area contributed by atoms with Crippen LogP contribution < -0.4 is 10.6 Å². The quantitative estimate of drug-likeness (QED) is 0.410. The van der Waals surface area contributed by atoms with Crippen LogP contribution in [0.25, 0.3) is 0 Å². The van der Waals surface area contributed by atoms with Gasteiger partial charge < -0.3 is 25.4 Å². The molecule has 3 aliphatic heterocycles. The number of hydrogen-bond acceptors (Lipinski definition) is 5. The Labute approximate surface area is 215 Å². The zero-order valence-electron chi connectivity index (χ0n) is 20.7. The average Bonchev–Trinajstić information content (AvgIpc) is 3.39. The van der Waals surface area contributed by atoms with Crippen molar-refractivity contribution in [2.24, 2.45) is 17.8 Å². The van der Waals surface area contributed by atoms with Gasteiger partial charge in [-0.3, -0.25) is 14.4 Å². The number of fused-ring (bicyclic) bond motifs is 1. The molecule has 3 saturated heterocycles. The lowest BCUT2D eigenvalue weighted by atomic mass is 9.70. The molecule has 8 nitrogen and oxygen atoms in total. The Hall–Kier alpha value is -1.97. The van der Waals surface area contributed by atoms with Crippen LogP contribution in [0.5, 0.6) is 0 Å². The van der Waals surface area contributed by atoms with Gasteiger partial charge in [0.1, 0.15) is 11.6 Å². The fourth-order valence-electron chi connectivity index (χ4n) is 6.22. The van der Waals surface area contributed by atoms with Crippen molar-refractivity contribution in [1.29, 1.82) is 0 Å². The summed E-state index contributed by atoms with van der Waals surface area (Å²) < 4.78 is 6.51. The number of likely N-dealkylation sites (tertiary alicyclic amines) is 1. The van der Waals surface area contributed by atoms with E-state index < -0.39 is 35.6 Å². The molecule has 192 valence electrons. The summed E-state index contributed by atoms with van der Waals surface area (Å²) in [4.78, 5) is 42.7. The Bertz CT molecular complexity index is 960. The zero-order chi connectivity index (χ0) is 25.5. The van der Waals surface area contributed by atoms with Gasteiger partial charge in [0.25, 0.3) is 0 Å². The molecule has 3 amide bonds. The van der Waals surface area contributed by atoms with Crippen molar-refractivity contribution in [2.75, 3.05) is 11.9 Å². The van der Waals surface area contributed by atoms with E-state index in [1.807, 2.05) is 39.0 Å². The number of nitrogens with zero attached hydrogens (tertiary/aromatic N) is 1. The molecule has 1 aromatic carbocycles. The molecule has 3 heterocycles. The van der Waals surface area contributed by atoms with E-state index in [-0.39, 0.29) is 41.1 Å². The van der Waals surface area contributed by atoms with Gasteiger partial charge in [0.05, 0.1) is 30.6 Å². The van der Waals surface area contributed by atoms with Crippen molar-refractivity contribution in [2.45, 2.75) is 81.6 Å². The van der Waals surface area contributed by atoms with E-state index >= 15 is 0 Å². The molecular formula is C26H36BrN3O5. The number of rotatable bonds is 9. The van der Waals surface area contributed by atoms with Crippen molar-refractivity contribution in [1.82, 2.24) is 10.2 Å². The van der Waals surface area contributed by atoms with Crippen molar-refractivity contribution in [3.8, 4) is 0 Å². The number of ether oxygens (including phenoxy) is 1. The van der Waals surface area contributed by atoms with Gasteiger partial charge in [-0.25, -0.2) is 0 Å². The highest BCUT2D eigenvalue weighted by Gasteiger charge is 2.77. The number of carbonyl (C=O) groups excluding carboxylic acids is 3. The second-order valence-corrected chi connectivity index (χ2v) is 11.6. The fourth-order valence-corrected chi connectivity index (χ4v) is 7.16. The van der Waals surface area contributed by atoms with E-state index in [4.69, 9.17) is 4.74 Å². The van der Waals surface area contributed by atoms with E-state index in [1.54, 1.807) is 12.1 Å². The third kappa shape index (κ3) is 4.40. The minimum atomic E-state index is -1.13. The van der Waals surface area contributed by atoms with Crippen molar-refractivity contribution >= 4 is 39.3 Å². The highest BCUT2D eigenvalue weighted by atomic mass is 79.9. The lowest BCUT2D eigenvalue weighted by Gasteiger charge is -2.38.